The first-order valence-corrected chi connectivity index (χ1v) is 5.82. The molecule has 0 atom stereocenters. The minimum Gasteiger partial charge on any atom is -0.374 e. The zero-order valence-electron chi connectivity index (χ0n) is 7.81. The second kappa shape index (κ2) is 6.33. The summed E-state index contributed by atoms with van der Waals surface area (Å²) in [6.07, 6.45) is 0. The molecule has 3 heteroatoms. The van der Waals surface area contributed by atoms with E-state index in [1.807, 2.05) is 0 Å². The maximum absolute atomic E-state index is 3.03. The van der Waals surface area contributed by atoms with Gasteiger partial charge in [0, 0.05) is 0 Å². The molecule has 0 unspecified atom stereocenters. The summed E-state index contributed by atoms with van der Waals surface area (Å²) in [5, 5.41) is 0. The van der Waals surface area contributed by atoms with Crippen molar-refractivity contribution in [1.29, 1.82) is 0 Å². The lowest BCUT2D eigenvalue weighted by molar-refractivity contribution is 1.40. The van der Waals surface area contributed by atoms with Gasteiger partial charge in [0.2, 0.25) is 0 Å². The molecule has 1 nitrogen and oxygen atoms in total. The van der Waals surface area contributed by atoms with Crippen LogP contribution in [-0.4, -0.2) is 20.8 Å². The van der Waals surface area contributed by atoms with Gasteiger partial charge in [-0.2, -0.15) is 0 Å². The normalized spacial score (nSPS) is 8.91. The Hall–Kier alpha value is -0.386. The van der Waals surface area contributed by atoms with Gasteiger partial charge in [-0.1, -0.05) is 35.4 Å². The zero-order chi connectivity index (χ0) is 8.69. The first kappa shape index (κ1) is 10.6. The Kier molecular flexibility index (Phi) is 6.11. The highest BCUT2D eigenvalue weighted by atomic mass is 28.2. The van der Waals surface area contributed by atoms with Crippen LogP contribution in [0.15, 0.2) is 24.3 Å². The summed E-state index contributed by atoms with van der Waals surface area (Å²) in [5.41, 5.74) is 2.66. The third-order valence-corrected chi connectivity index (χ3v) is 1.22. The summed E-state index contributed by atoms with van der Waals surface area (Å²) in [6.45, 7) is 4.19. The van der Waals surface area contributed by atoms with Crippen LogP contribution >= 0.6 is 0 Å². The minimum atomic E-state index is 1.18. The Morgan fingerprint density at radius 3 is 1.27 bits per heavy atom. The predicted molar refractivity (Wildman–Crippen MR) is 58.9 cm³/mol. The van der Waals surface area contributed by atoms with Gasteiger partial charge in [0.05, 0.1) is 20.8 Å². The van der Waals surface area contributed by atoms with E-state index in [-0.39, 0.29) is 0 Å². The maximum Gasteiger partial charge on any atom is 0.0670 e. The van der Waals surface area contributed by atoms with E-state index in [2.05, 4.69) is 42.8 Å². The molecule has 1 rings (SSSR count). The fourth-order valence-electron chi connectivity index (χ4n) is 0.637. The van der Waals surface area contributed by atoms with Gasteiger partial charge < -0.3 is 4.65 Å². The van der Waals surface area contributed by atoms with E-state index in [0.717, 1.165) is 0 Å². The highest BCUT2D eigenvalue weighted by molar-refractivity contribution is 6.25. The van der Waals surface area contributed by atoms with Crippen molar-refractivity contribution in [2.24, 2.45) is 0 Å². The SMILES string of the molecule is Cc1ccc(C)cc1.[SiH3]N[SiH3]. The molecule has 11 heavy (non-hydrogen) atoms. The van der Waals surface area contributed by atoms with Crippen LogP contribution in [0.25, 0.3) is 0 Å². The first-order valence-electron chi connectivity index (χ1n) is 3.82. The molecule has 0 spiro atoms. The highest BCUT2D eigenvalue weighted by Gasteiger charge is 1.79. The Bertz CT molecular complexity index is 163. The highest BCUT2D eigenvalue weighted by Crippen LogP contribution is 1.99. The molecule has 0 radical (unpaired) electrons. The average Bonchev–Trinajstić information content (AvgIpc) is 1.97. The molecule has 0 aliphatic carbocycles. The van der Waals surface area contributed by atoms with Crippen LogP contribution in [0.2, 0.25) is 0 Å². The summed E-state index contributed by atoms with van der Waals surface area (Å²) in [4.78, 5) is 0. The average molecular weight is 183 g/mol. The van der Waals surface area contributed by atoms with Gasteiger partial charge in [0.1, 0.15) is 0 Å². The molecule has 0 heterocycles. The first-order chi connectivity index (χ1) is 5.20. The van der Waals surface area contributed by atoms with Crippen LogP contribution in [0.4, 0.5) is 0 Å². The molecule has 1 N–H and O–H groups in total. The second-order valence-corrected chi connectivity index (χ2v) is 6.65. The quantitative estimate of drug-likeness (QED) is 0.532. The van der Waals surface area contributed by atoms with Gasteiger partial charge >= 0.3 is 0 Å². The lowest BCUT2D eigenvalue weighted by Crippen LogP contribution is -1.97. The summed E-state index contributed by atoms with van der Waals surface area (Å²) < 4.78 is 3.03. The van der Waals surface area contributed by atoms with Crippen molar-refractivity contribution < 1.29 is 0 Å². The van der Waals surface area contributed by atoms with Crippen molar-refractivity contribution in [1.82, 2.24) is 4.65 Å². The van der Waals surface area contributed by atoms with Crippen molar-refractivity contribution >= 4 is 20.8 Å². The third-order valence-electron chi connectivity index (χ3n) is 1.22. The van der Waals surface area contributed by atoms with Crippen LogP contribution in [-0.2, 0) is 0 Å². The van der Waals surface area contributed by atoms with Crippen molar-refractivity contribution in [2.45, 2.75) is 13.8 Å². The maximum atomic E-state index is 3.03. The van der Waals surface area contributed by atoms with E-state index in [9.17, 15) is 0 Å². The number of hydrogen-bond acceptors (Lipinski definition) is 1. The van der Waals surface area contributed by atoms with Gasteiger partial charge in [-0.25, -0.2) is 0 Å². The lowest BCUT2D eigenvalue weighted by atomic mass is 10.2. The summed E-state index contributed by atoms with van der Waals surface area (Å²) in [5.74, 6) is 0. The van der Waals surface area contributed by atoms with Crippen LogP contribution in [0, 0.1) is 13.8 Å². The molecule has 0 bridgehead atoms. The number of hydrogen-bond donors (Lipinski definition) is 1. The topological polar surface area (TPSA) is 12.0 Å². The minimum absolute atomic E-state index is 1.18. The van der Waals surface area contributed by atoms with E-state index < -0.39 is 0 Å². The fourth-order valence-corrected chi connectivity index (χ4v) is 0.637. The molecule has 0 aromatic heterocycles. The Morgan fingerprint density at radius 1 is 0.909 bits per heavy atom. The standard InChI is InChI=1S/C8H10.H7NSi2/c1-7-3-5-8(2)6-4-7;2-1-3/h3-6H,1-2H3;1H,2-3H3. The van der Waals surface area contributed by atoms with E-state index in [1.165, 1.54) is 31.9 Å². The molecule has 0 aliphatic rings. The number of nitrogens with one attached hydrogen (secondary N) is 1. The van der Waals surface area contributed by atoms with Crippen molar-refractivity contribution in [3.8, 4) is 0 Å². The zero-order valence-corrected chi connectivity index (χ0v) is 11.8. The summed E-state index contributed by atoms with van der Waals surface area (Å²) in [6, 6.07) is 8.48. The molecule has 1 aromatic carbocycles. The van der Waals surface area contributed by atoms with Crippen LogP contribution in [0.3, 0.4) is 0 Å². The smallest absolute Gasteiger partial charge is 0.0670 e. The third kappa shape index (κ3) is 6.03. The predicted octanol–water partition coefficient (Wildman–Crippen LogP) is -0.560. The van der Waals surface area contributed by atoms with Gasteiger partial charge in [-0.15, -0.1) is 0 Å². The molecule has 62 valence electrons. The van der Waals surface area contributed by atoms with Gasteiger partial charge in [0.25, 0.3) is 0 Å². The monoisotopic (exact) mass is 183 g/mol. The van der Waals surface area contributed by atoms with Crippen LogP contribution in [0.5, 0.6) is 0 Å². The molecule has 1 aromatic rings. The Labute approximate surface area is 75.2 Å². The molecule has 0 amide bonds. The van der Waals surface area contributed by atoms with E-state index in [0.29, 0.717) is 0 Å². The van der Waals surface area contributed by atoms with Gasteiger partial charge in [-0.05, 0) is 13.8 Å². The molecular weight excluding hydrogens is 166 g/mol. The van der Waals surface area contributed by atoms with Crippen molar-refractivity contribution in [2.75, 3.05) is 0 Å². The van der Waals surface area contributed by atoms with Gasteiger partial charge in [0.15, 0.2) is 0 Å². The largest absolute Gasteiger partial charge is 0.374 e. The molecular formula is C8H17NSi2. The molecule has 0 fully saturated rings. The number of rotatable bonds is 0. The second-order valence-electron chi connectivity index (χ2n) is 2.65. The van der Waals surface area contributed by atoms with Crippen molar-refractivity contribution in [3.63, 3.8) is 0 Å². The lowest BCUT2D eigenvalue weighted by Gasteiger charge is -1.90. The Balaban J connectivity index is 0.000000292. The van der Waals surface area contributed by atoms with Crippen LogP contribution in [0.1, 0.15) is 11.1 Å². The van der Waals surface area contributed by atoms with E-state index in [1.54, 1.807) is 0 Å². The van der Waals surface area contributed by atoms with E-state index in [4.69, 9.17) is 0 Å². The van der Waals surface area contributed by atoms with E-state index >= 15 is 0 Å². The molecule has 0 aliphatic heterocycles. The number of aryl methyl sites for hydroxylation is 2. The Morgan fingerprint density at radius 2 is 1.09 bits per heavy atom. The molecule has 0 saturated carbocycles. The fraction of sp³-hybridized carbons (Fsp3) is 0.250. The van der Waals surface area contributed by atoms with Crippen LogP contribution < -0.4 is 4.65 Å². The number of benzene rings is 1. The summed E-state index contributed by atoms with van der Waals surface area (Å²) >= 11 is 0. The van der Waals surface area contributed by atoms with Crippen molar-refractivity contribution in [3.05, 3.63) is 35.4 Å². The van der Waals surface area contributed by atoms with Gasteiger partial charge in [-0.3, -0.25) is 0 Å². The molecule has 0 saturated heterocycles. The summed E-state index contributed by atoms with van der Waals surface area (Å²) in [7, 11) is 2.36.